The molecule has 4 rings (SSSR count). The largest absolute Gasteiger partial charge is 0.733 e. The zero-order valence-electron chi connectivity index (χ0n) is 11.1. The maximum absolute atomic E-state index is 11.0. The minimum absolute atomic E-state index is 0.0868. The molecule has 0 radical (unpaired) electrons. The highest BCUT2D eigenvalue weighted by molar-refractivity contribution is 7.99. The number of furan rings is 1. The lowest BCUT2D eigenvalue weighted by molar-refractivity contribution is 0.296. The molecule has 112 valence electrons. The highest BCUT2D eigenvalue weighted by Crippen LogP contribution is 2.40. The number of fused-ring (bicyclic) bond motifs is 1. The second kappa shape index (κ2) is 5.05. The second-order valence-corrected chi connectivity index (χ2v) is 5.68. The first-order valence-electron chi connectivity index (χ1n) is 6.41. The van der Waals surface area contributed by atoms with Gasteiger partial charge in [0.1, 0.15) is 5.76 Å². The highest BCUT2D eigenvalue weighted by atomic mass is 32.2. The van der Waals surface area contributed by atoms with E-state index in [1.165, 1.54) is 23.9 Å². The zero-order chi connectivity index (χ0) is 15.1. The zero-order valence-corrected chi connectivity index (χ0v) is 11.9. The van der Waals surface area contributed by atoms with Gasteiger partial charge in [0.05, 0.1) is 12.0 Å². The van der Waals surface area contributed by atoms with Crippen LogP contribution in [-0.2, 0) is 0 Å². The van der Waals surface area contributed by atoms with E-state index in [1.54, 1.807) is 23.1 Å². The fourth-order valence-electron chi connectivity index (χ4n) is 2.22. The average Bonchev–Trinajstić information content (AvgIpc) is 3.23. The topological polar surface area (TPSA) is 102 Å². The summed E-state index contributed by atoms with van der Waals surface area (Å²) in [6, 6.07) is 10.2. The van der Waals surface area contributed by atoms with Gasteiger partial charge in [-0.3, -0.25) is 5.21 Å². The predicted octanol–water partition coefficient (Wildman–Crippen LogP) is 2.58. The molecule has 8 nitrogen and oxygen atoms in total. The van der Waals surface area contributed by atoms with Crippen molar-refractivity contribution in [3.8, 4) is 11.4 Å². The lowest BCUT2D eigenvalue weighted by Crippen LogP contribution is -2.13. The van der Waals surface area contributed by atoms with Gasteiger partial charge in [0.2, 0.25) is 5.16 Å². The van der Waals surface area contributed by atoms with Crippen molar-refractivity contribution in [1.29, 1.82) is 0 Å². The molecular formula is C13H10N5O3S-. The summed E-state index contributed by atoms with van der Waals surface area (Å²) in [5, 5.41) is 28.7. The summed E-state index contributed by atoms with van der Waals surface area (Å²) in [6.07, 6.45) is 1.62. The molecule has 9 heteroatoms. The number of hydrogen-bond acceptors (Lipinski definition) is 8. The third-order valence-electron chi connectivity index (χ3n) is 3.23. The number of rotatable bonds is 3. The molecule has 22 heavy (non-hydrogen) atoms. The van der Waals surface area contributed by atoms with Gasteiger partial charge in [-0.15, -0.1) is 10.2 Å². The van der Waals surface area contributed by atoms with E-state index < -0.39 is 0 Å². The van der Waals surface area contributed by atoms with E-state index in [2.05, 4.69) is 15.6 Å². The van der Waals surface area contributed by atoms with Crippen molar-refractivity contribution in [2.24, 2.45) is 0 Å². The summed E-state index contributed by atoms with van der Waals surface area (Å²) in [7, 11) is 0. The van der Waals surface area contributed by atoms with Crippen LogP contribution in [0.1, 0.15) is 11.1 Å². The van der Waals surface area contributed by atoms with Crippen molar-refractivity contribution in [2.45, 2.75) is 10.5 Å². The molecule has 1 atom stereocenters. The van der Waals surface area contributed by atoms with Crippen LogP contribution in [0.5, 0.6) is 0 Å². The minimum Gasteiger partial charge on any atom is -0.733 e. The number of thioether (sulfide) groups is 1. The van der Waals surface area contributed by atoms with Gasteiger partial charge in [0.15, 0.2) is 11.2 Å². The van der Waals surface area contributed by atoms with Crippen LogP contribution in [0.4, 0.5) is 5.69 Å². The van der Waals surface area contributed by atoms with Gasteiger partial charge >= 0.3 is 0 Å². The smallest absolute Gasteiger partial charge is 0.212 e. The summed E-state index contributed by atoms with van der Waals surface area (Å²) in [4.78, 5) is 0. The molecule has 0 fully saturated rings. The standard InChI is InChI=1S/C13H10N5O3S/c19-18(20)9-4-1-3-8(7-9)11-14-15-13-17(11)16-12(22-13)10-5-2-6-21-10/h1-7,12,16,19H/q-1. The molecule has 0 amide bonds. The number of aromatic nitrogens is 3. The van der Waals surface area contributed by atoms with Gasteiger partial charge in [-0.1, -0.05) is 12.1 Å². The quantitative estimate of drug-likeness (QED) is 0.711. The van der Waals surface area contributed by atoms with E-state index in [1.807, 2.05) is 12.1 Å². The summed E-state index contributed by atoms with van der Waals surface area (Å²) < 4.78 is 7.13. The molecular weight excluding hydrogens is 306 g/mol. The van der Waals surface area contributed by atoms with Crippen LogP contribution in [0.3, 0.4) is 0 Å². The van der Waals surface area contributed by atoms with Gasteiger partial charge in [0.25, 0.3) is 0 Å². The molecule has 2 N–H and O–H groups in total. The average molecular weight is 316 g/mol. The molecule has 0 aliphatic carbocycles. The molecule has 1 aliphatic rings. The van der Waals surface area contributed by atoms with E-state index in [4.69, 9.17) is 9.62 Å². The van der Waals surface area contributed by atoms with Crippen molar-refractivity contribution < 1.29 is 9.62 Å². The van der Waals surface area contributed by atoms with Gasteiger partial charge < -0.3 is 20.3 Å². The Balaban J connectivity index is 1.68. The molecule has 1 aromatic carbocycles. The molecule has 0 saturated heterocycles. The van der Waals surface area contributed by atoms with Crippen molar-refractivity contribution in [3.05, 3.63) is 53.6 Å². The lowest BCUT2D eigenvalue weighted by Gasteiger charge is -2.21. The Morgan fingerprint density at radius 3 is 3.00 bits per heavy atom. The normalized spacial score (nSPS) is 16.4. The Hall–Kier alpha value is -2.49. The van der Waals surface area contributed by atoms with Gasteiger partial charge in [0, 0.05) is 5.56 Å². The maximum Gasteiger partial charge on any atom is 0.212 e. The van der Waals surface area contributed by atoms with Crippen LogP contribution in [0.15, 0.2) is 52.2 Å². The third kappa shape index (κ3) is 2.11. The van der Waals surface area contributed by atoms with Crippen molar-refractivity contribution in [3.63, 3.8) is 0 Å². The van der Waals surface area contributed by atoms with Gasteiger partial charge in [-0.2, -0.15) is 0 Å². The third-order valence-corrected chi connectivity index (χ3v) is 4.28. The monoisotopic (exact) mass is 316 g/mol. The van der Waals surface area contributed by atoms with Crippen molar-refractivity contribution >= 4 is 17.4 Å². The van der Waals surface area contributed by atoms with Crippen LogP contribution in [0.25, 0.3) is 11.4 Å². The fourth-order valence-corrected chi connectivity index (χ4v) is 3.18. The molecule has 2 aromatic heterocycles. The molecule has 0 bridgehead atoms. The van der Waals surface area contributed by atoms with Gasteiger partial charge in [-0.25, -0.2) is 4.68 Å². The summed E-state index contributed by atoms with van der Waals surface area (Å²) >= 11 is 1.48. The van der Waals surface area contributed by atoms with E-state index in [0.717, 1.165) is 5.76 Å². The van der Waals surface area contributed by atoms with Gasteiger partial charge in [-0.05, 0) is 36.0 Å². The molecule has 3 aromatic rings. The van der Waals surface area contributed by atoms with E-state index in [0.29, 0.717) is 16.5 Å². The summed E-state index contributed by atoms with van der Waals surface area (Å²) in [5.41, 5.74) is 4.03. The molecule has 3 heterocycles. The molecule has 0 saturated carbocycles. The number of benzene rings is 1. The van der Waals surface area contributed by atoms with Crippen molar-refractivity contribution in [1.82, 2.24) is 14.9 Å². The first kappa shape index (κ1) is 13.2. The van der Waals surface area contributed by atoms with E-state index >= 15 is 0 Å². The second-order valence-electron chi connectivity index (χ2n) is 4.61. The van der Waals surface area contributed by atoms with Crippen LogP contribution < -0.4 is 10.7 Å². The summed E-state index contributed by atoms with van der Waals surface area (Å²) in [6.45, 7) is 0. The van der Waals surface area contributed by atoms with Crippen LogP contribution in [-0.4, -0.2) is 20.1 Å². The summed E-state index contributed by atoms with van der Waals surface area (Å²) in [5.74, 6) is 1.34. The Morgan fingerprint density at radius 1 is 1.32 bits per heavy atom. The Bertz CT molecular complexity index is 802. The molecule has 1 unspecified atom stereocenters. The first-order valence-corrected chi connectivity index (χ1v) is 7.29. The van der Waals surface area contributed by atoms with Crippen LogP contribution in [0.2, 0.25) is 0 Å². The van der Waals surface area contributed by atoms with Crippen molar-refractivity contribution in [2.75, 3.05) is 10.7 Å². The number of nitrogens with zero attached hydrogens (tertiary/aromatic N) is 4. The molecule has 1 aliphatic heterocycles. The van der Waals surface area contributed by atoms with Crippen LogP contribution >= 0.6 is 11.8 Å². The number of anilines is 1. The number of nitrogens with one attached hydrogen (secondary N) is 1. The highest BCUT2D eigenvalue weighted by Gasteiger charge is 2.29. The van der Waals surface area contributed by atoms with Crippen LogP contribution in [0, 0.1) is 5.21 Å². The first-order chi connectivity index (χ1) is 10.7. The fraction of sp³-hybridized carbons (Fsp3) is 0.0769. The Morgan fingerprint density at radius 2 is 2.23 bits per heavy atom. The Kier molecular flexibility index (Phi) is 3.03. The van der Waals surface area contributed by atoms with E-state index in [9.17, 15) is 5.21 Å². The molecule has 0 spiro atoms. The maximum atomic E-state index is 11.0. The number of hydrogen-bond donors (Lipinski definition) is 2. The predicted molar refractivity (Wildman–Crippen MR) is 79.8 cm³/mol. The SMILES string of the molecule is [O-]N(O)c1cccc(-c2nnc3n2NC(c2ccco2)S3)c1. The van der Waals surface area contributed by atoms with E-state index in [-0.39, 0.29) is 16.3 Å². The lowest BCUT2D eigenvalue weighted by atomic mass is 10.2. The Labute approximate surface area is 128 Å². The minimum atomic E-state index is -0.182.